The Hall–Kier alpha value is -3.91. The van der Waals surface area contributed by atoms with Gasteiger partial charge in [-0.15, -0.1) is 11.3 Å². The predicted molar refractivity (Wildman–Crippen MR) is 156 cm³/mol. The molecule has 0 aliphatic heterocycles. The first-order valence-electron chi connectivity index (χ1n) is 12.6. The average Bonchev–Trinajstić information content (AvgIpc) is 3.59. The molecule has 0 N–H and O–H groups in total. The van der Waals surface area contributed by atoms with Crippen molar-refractivity contribution in [2.24, 2.45) is 0 Å². The van der Waals surface area contributed by atoms with E-state index in [9.17, 15) is 0 Å². The molecule has 0 atom stereocenters. The third-order valence-electron chi connectivity index (χ3n) is 7.98. The van der Waals surface area contributed by atoms with Gasteiger partial charge in [0.05, 0.1) is 5.41 Å². The standard InChI is InChI=1S/C35H21ClS/c36-24-20-18-23(19-21-24)33-31-27-14-6-9-17-30(27)35(32(31)34(37-33)22-10-2-1-3-11-22)28-15-7-4-12-25(28)26-13-5-8-16-29(26)35/h1-21H. The number of rotatable bonds is 2. The van der Waals surface area contributed by atoms with Crippen LogP contribution in [0.15, 0.2) is 127 Å². The van der Waals surface area contributed by atoms with Crippen LogP contribution in [0.3, 0.4) is 0 Å². The highest BCUT2D eigenvalue weighted by Gasteiger charge is 2.54. The van der Waals surface area contributed by atoms with Gasteiger partial charge >= 0.3 is 0 Å². The first-order valence-corrected chi connectivity index (χ1v) is 13.8. The highest BCUT2D eigenvalue weighted by molar-refractivity contribution is 7.19. The molecule has 6 aromatic rings. The second kappa shape index (κ2) is 7.79. The summed E-state index contributed by atoms with van der Waals surface area (Å²) in [4.78, 5) is 2.64. The van der Waals surface area contributed by atoms with Gasteiger partial charge in [-0.1, -0.05) is 127 Å². The molecule has 1 spiro atoms. The normalized spacial score (nSPS) is 13.8. The summed E-state index contributed by atoms with van der Waals surface area (Å²) in [6.07, 6.45) is 0. The molecule has 5 aromatic carbocycles. The highest BCUT2D eigenvalue weighted by atomic mass is 35.5. The molecule has 0 nitrogen and oxygen atoms in total. The van der Waals surface area contributed by atoms with Crippen LogP contribution in [0.25, 0.3) is 43.1 Å². The lowest BCUT2D eigenvalue weighted by atomic mass is 9.70. The number of benzene rings is 5. The van der Waals surface area contributed by atoms with E-state index in [1.807, 2.05) is 23.5 Å². The fourth-order valence-electron chi connectivity index (χ4n) is 6.60. The zero-order valence-corrected chi connectivity index (χ0v) is 21.5. The van der Waals surface area contributed by atoms with E-state index in [2.05, 4.69) is 115 Å². The Balaban J connectivity index is 1.59. The third kappa shape index (κ3) is 2.73. The molecule has 2 aliphatic carbocycles. The Labute approximate surface area is 225 Å². The molecule has 0 bridgehead atoms. The van der Waals surface area contributed by atoms with Crippen LogP contribution < -0.4 is 0 Å². The van der Waals surface area contributed by atoms with Gasteiger partial charge < -0.3 is 0 Å². The molecule has 0 saturated heterocycles. The average molecular weight is 509 g/mol. The molecule has 37 heavy (non-hydrogen) atoms. The molecule has 0 radical (unpaired) electrons. The molecule has 0 amide bonds. The minimum absolute atomic E-state index is 0.356. The van der Waals surface area contributed by atoms with Gasteiger partial charge in [-0.25, -0.2) is 0 Å². The van der Waals surface area contributed by atoms with Gasteiger partial charge in [0, 0.05) is 20.3 Å². The number of halogens is 1. The second-order valence-corrected chi connectivity index (χ2v) is 11.2. The van der Waals surface area contributed by atoms with E-state index in [0.717, 1.165) is 5.02 Å². The largest absolute Gasteiger partial charge is 0.134 e. The van der Waals surface area contributed by atoms with Crippen molar-refractivity contribution in [3.05, 3.63) is 155 Å². The number of fused-ring (bicyclic) bond motifs is 10. The Morgan fingerprint density at radius 2 is 0.946 bits per heavy atom. The smallest absolute Gasteiger partial charge is 0.0740 e. The van der Waals surface area contributed by atoms with Crippen molar-refractivity contribution < 1.29 is 0 Å². The lowest BCUT2D eigenvalue weighted by Crippen LogP contribution is -2.26. The first-order chi connectivity index (χ1) is 18.3. The quantitative estimate of drug-likeness (QED) is 0.218. The summed E-state index contributed by atoms with van der Waals surface area (Å²) < 4.78 is 0. The summed E-state index contributed by atoms with van der Waals surface area (Å²) >= 11 is 8.22. The SMILES string of the molecule is Clc1ccc(-c2sc(-c3ccccc3)c3c2-c2ccccc2C32c3ccccc3-c3ccccc32)cc1. The zero-order chi connectivity index (χ0) is 24.6. The molecule has 1 aromatic heterocycles. The van der Waals surface area contributed by atoms with Gasteiger partial charge in [0.2, 0.25) is 0 Å². The van der Waals surface area contributed by atoms with E-state index >= 15 is 0 Å². The summed E-state index contributed by atoms with van der Waals surface area (Å²) in [5, 5.41) is 0.760. The molecule has 0 unspecified atom stereocenters. The van der Waals surface area contributed by atoms with Gasteiger partial charge in [-0.3, -0.25) is 0 Å². The van der Waals surface area contributed by atoms with Crippen LogP contribution in [0.5, 0.6) is 0 Å². The van der Waals surface area contributed by atoms with Crippen molar-refractivity contribution >= 4 is 22.9 Å². The molecule has 174 valence electrons. The van der Waals surface area contributed by atoms with E-state index in [4.69, 9.17) is 11.6 Å². The van der Waals surface area contributed by atoms with Crippen LogP contribution in [-0.4, -0.2) is 0 Å². The maximum atomic E-state index is 6.31. The summed E-state index contributed by atoms with van der Waals surface area (Å²) in [6.45, 7) is 0. The van der Waals surface area contributed by atoms with Crippen LogP contribution in [0, 0.1) is 0 Å². The fourth-order valence-corrected chi connectivity index (χ4v) is 8.11. The maximum absolute atomic E-state index is 6.31. The summed E-state index contributed by atoms with van der Waals surface area (Å²) in [6, 6.07) is 46.3. The van der Waals surface area contributed by atoms with Crippen molar-refractivity contribution in [3.63, 3.8) is 0 Å². The Bertz CT molecular complexity index is 1780. The highest BCUT2D eigenvalue weighted by Crippen LogP contribution is 2.67. The monoisotopic (exact) mass is 508 g/mol. The lowest BCUT2D eigenvalue weighted by molar-refractivity contribution is 0.798. The molecule has 0 fully saturated rings. The Morgan fingerprint density at radius 3 is 1.57 bits per heavy atom. The maximum Gasteiger partial charge on any atom is 0.0740 e. The van der Waals surface area contributed by atoms with Crippen LogP contribution in [0.2, 0.25) is 5.02 Å². The van der Waals surface area contributed by atoms with Crippen LogP contribution in [-0.2, 0) is 5.41 Å². The van der Waals surface area contributed by atoms with Gasteiger partial charge in [0.15, 0.2) is 0 Å². The minimum Gasteiger partial charge on any atom is -0.134 e. The van der Waals surface area contributed by atoms with Crippen molar-refractivity contribution in [1.82, 2.24) is 0 Å². The minimum atomic E-state index is -0.356. The Kier molecular flexibility index (Phi) is 4.47. The molecular formula is C35H21ClS. The van der Waals surface area contributed by atoms with E-state index in [1.54, 1.807) is 0 Å². The number of thiophene rings is 1. The van der Waals surface area contributed by atoms with Gasteiger partial charge in [0.1, 0.15) is 0 Å². The predicted octanol–water partition coefficient (Wildman–Crippen LogP) is 10.1. The molecular weight excluding hydrogens is 488 g/mol. The van der Waals surface area contributed by atoms with Crippen LogP contribution in [0.1, 0.15) is 22.3 Å². The molecule has 1 heterocycles. The van der Waals surface area contributed by atoms with E-state index in [0.29, 0.717) is 0 Å². The van der Waals surface area contributed by atoms with Crippen LogP contribution >= 0.6 is 22.9 Å². The zero-order valence-electron chi connectivity index (χ0n) is 19.9. The third-order valence-corrected chi connectivity index (χ3v) is 9.52. The van der Waals surface area contributed by atoms with Gasteiger partial charge in [-0.2, -0.15) is 0 Å². The Morgan fingerprint density at radius 1 is 0.459 bits per heavy atom. The lowest BCUT2D eigenvalue weighted by Gasteiger charge is -2.31. The summed E-state index contributed by atoms with van der Waals surface area (Å²) in [5.41, 5.74) is 13.0. The second-order valence-electron chi connectivity index (χ2n) is 9.77. The number of hydrogen-bond donors (Lipinski definition) is 0. The van der Waals surface area contributed by atoms with E-state index < -0.39 is 0 Å². The summed E-state index contributed by atoms with van der Waals surface area (Å²) in [7, 11) is 0. The number of hydrogen-bond acceptors (Lipinski definition) is 1. The van der Waals surface area contributed by atoms with Crippen molar-refractivity contribution in [3.8, 4) is 43.1 Å². The van der Waals surface area contributed by atoms with E-state index in [-0.39, 0.29) is 5.41 Å². The van der Waals surface area contributed by atoms with Crippen molar-refractivity contribution in [2.75, 3.05) is 0 Å². The fraction of sp³-hybridized carbons (Fsp3) is 0.0286. The molecule has 0 saturated carbocycles. The van der Waals surface area contributed by atoms with Gasteiger partial charge in [0.25, 0.3) is 0 Å². The topological polar surface area (TPSA) is 0 Å². The van der Waals surface area contributed by atoms with Crippen LogP contribution in [0.4, 0.5) is 0 Å². The van der Waals surface area contributed by atoms with Gasteiger partial charge in [-0.05, 0) is 62.2 Å². The molecule has 2 aliphatic rings. The first kappa shape index (κ1) is 21.2. The van der Waals surface area contributed by atoms with Crippen molar-refractivity contribution in [2.45, 2.75) is 5.41 Å². The van der Waals surface area contributed by atoms with Crippen molar-refractivity contribution in [1.29, 1.82) is 0 Å². The van der Waals surface area contributed by atoms with E-state index in [1.165, 1.54) is 65.4 Å². The summed E-state index contributed by atoms with van der Waals surface area (Å²) in [5.74, 6) is 0. The molecule has 8 rings (SSSR count). The molecule has 2 heteroatoms.